The SMILES string of the molecule is Nc1cccc(C(=O)N2CCCCC2CO)c1O. The van der Waals surface area contributed by atoms with Crippen LogP contribution < -0.4 is 5.73 Å². The smallest absolute Gasteiger partial charge is 0.258 e. The molecule has 1 aromatic rings. The maximum atomic E-state index is 12.3. The number of likely N-dealkylation sites (tertiary alicyclic amines) is 1. The number of hydrogen-bond donors (Lipinski definition) is 3. The van der Waals surface area contributed by atoms with Crippen LogP contribution in [-0.2, 0) is 0 Å². The molecule has 0 saturated carbocycles. The van der Waals surface area contributed by atoms with Gasteiger partial charge in [-0.1, -0.05) is 6.07 Å². The molecule has 1 saturated heterocycles. The molecule has 1 amide bonds. The van der Waals surface area contributed by atoms with Gasteiger partial charge >= 0.3 is 0 Å². The van der Waals surface area contributed by atoms with Crippen molar-refractivity contribution < 1.29 is 15.0 Å². The predicted molar refractivity (Wildman–Crippen MR) is 68.3 cm³/mol. The molecule has 0 radical (unpaired) electrons. The Balaban J connectivity index is 2.27. The zero-order valence-electron chi connectivity index (χ0n) is 10.2. The molecule has 0 aliphatic carbocycles. The second-order valence-electron chi connectivity index (χ2n) is 4.57. The second-order valence-corrected chi connectivity index (χ2v) is 4.57. The molecular weight excluding hydrogens is 232 g/mol. The van der Waals surface area contributed by atoms with Gasteiger partial charge in [-0.2, -0.15) is 0 Å². The molecule has 1 aliphatic rings. The fourth-order valence-corrected chi connectivity index (χ4v) is 2.35. The number of piperidine rings is 1. The van der Waals surface area contributed by atoms with Crippen LogP contribution in [0.1, 0.15) is 29.6 Å². The van der Waals surface area contributed by atoms with Crippen molar-refractivity contribution in [3.8, 4) is 5.75 Å². The van der Waals surface area contributed by atoms with Crippen molar-refractivity contribution in [3.63, 3.8) is 0 Å². The van der Waals surface area contributed by atoms with Crippen LogP contribution in [0.5, 0.6) is 5.75 Å². The maximum absolute atomic E-state index is 12.3. The standard InChI is InChI=1S/C13H18N2O3/c14-11-6-3-5-10(12(11)17)13(18)15-7-2-1-4-9(15)8-16/h3,5-6,9,16-17H,1-2,4,7-8,14H2. The van der Waals surface area contributed by atoms with E-state index in [4.69, 9.17) is 5.73 Å². The van der Waals surface area contributed by atoms with Gasteiger partial charge in [-0.25, -0.2) is 0 Å². The molecular formula is C13H18N2O3. The van der Waals surface area contributed by atoms with Crippen LogP contribution in [0, 0.1) is 0 Å². The highest BCUT2D eigenvalue weighted by molar-refractivity contribution is 5.98. The van der Waals surface area contributed by atoms with Crippen LogP contribution in [-0.4, -0.2) is 40.2 Å². The minimum Gasteiger partial charge on any atom is -0.505 e. The van der Waals surface area contributed by atoms with E-state index in [-0.39, 0.29) is 35.6 Å². The summed E-state index contributed by atoms with van der Waals surface area (Å²) in [5.41, 5.74) is 5.98. The van der Waals surface area contributed by atoms with E-state index in [1.54, 1.807) is 23.1 Å². The van der Waals surface area contributed by atoms with Gasteiger partial charge in [0.1, 0.15) is 0 Å². The molecule has 1 heterocycles. The van der Waals surface area contributed by atoms with Crippen molar-refractivity contribution in [2.75, 3.05) is 18.9 Å². The molecule has 0 aromatic heterocycles. The highest BCUT2D eigenvalue weighted by atomic mass is 16.3. The maximum Gasteiger partial charge on any atom is 0.258 e. The molecule has 18 heavy (non-hydrogen) atoms. The van der Waals surface area contributed by atoms with Gasteiger partial charge in [-0.3, -0.25) is 4.79 Å². The molecule has 1 fully saturated rings. The fraction of sp³-hybridized carbons (Fsp3) is 0.462. The first-order valence-electron chi connectivity index (χ1n) is 6.14. The van der Waals surface area contributed by atoms with Gasteiger partial charge in [0.25, 0.3) is 5.91 Å². The van der Waals surface area contributed by atoms with Crippen molar-refractivity contribution in [3.05, 3.63) is 23.8 Å². The van der Waals surface area contributed by atoms with Crippen LogP contribution in [0.3, 0.4) is 0 Å². The Bertz CT molecular complexity index is 448. The number of carbonyl (C=O) groups excluding carboxylic acids is 1. The molecule has 0 bridgehead atoms. The number of nitrogen functional groups attached to an aromatic ring is 1. The number of rotatable bonds is 2. The number of carbonyl (C=O) groups is 1. The molecule has 5 nitrogen and oxygen atoms in total. The Kier molecular flexibility index (Phi) is 3.72. The number of benzene rings is 1. The Morgan fingerprint density at radius 1 is 1.44 bits per heavy atom. The van der Waals surface area contributed by atoms with E-state index in [1.165, 1.54) is 0 Å². The number of aliphatic hydroxyl groups excluding tert-OH is 1. The summed E-state index contributed by atoms with van der Waals surface area (Å²) in [5.74, 6) is -0.441. The third-order valence-electron chi connectivity index (χ3n) is 3.40. The van der Waals surface area contributed by atoms with Crippen LogP contribution >= 0.6 is 0 Å². The summed E-state index contributed by atoms with van der Waals surface area (Å²) < 4.78 is 0. The van der Waals surface area contributed by atoms with E-state index in [1.807, 2.05) is 0 Å². The lowest BCUT2D eigenvalue weighted by Crippen LogP contribution is -2.45. The Morgan fingerprint density at radius 3 is 2.94 bits per heavy atom. The fourth-order valence-electron chi connectivity index (χ4n) is 2.35. The Morgan fingerprint density at radius 2 is 2.22 bits per heavy atom. The van der Waals surface area contributed by atoms with E-state index < -0.39 is 0 Å². The van der Waals surface area contributed by atoms with Crippen molar-refractivity contribution in [2.24, 2.45) is 0 Å². The van der Waals surface area contributed by atoms with E-state index in [0.717, 1.165) is 19.3 Å². The van der Waals surface area contributed by atoms with Gasteiger partial charge in [0.05, 0.1) is 23.9 Å². The molecule has 1 aromatic carbocycles. The van der Waals surface area contributed by atoms with Gasteiger partial charge in [-0.15, -0.1) is 0 Å². The Labute approximate surface area is 106 Å². The number of phenolic OH excluding ortho intramolecular Hbond substituents is 1. The molecule has 2 rings (SSSR count). The summed E-state index contributed by atoms with van der Waals surface area (Å²) >= 11 is 0. The number of nitrogens with two attached hydrogens (primary N) is 1. The molecule has 98 valence electrons. The van der Waals surface area contributed by atoms with Crippen molar-refractivity contribution in [2.45, 2.75) is 25.3 Å². The summed E-state index contributed by atoms with van der Waals surface area (Å²) in [7, 11) is 0. The minimum atomic E-state index is -0.265. The lowest BCUT2D eigenvalue weighted by atomic mass is 10.0. The second kappa shape index (κ2) is 5.27. The average Bonchev–Trinajstić information content (AvgIpc) is 2.41. The zero-order valence-corrected chi connectivity index (χ0v) is 10.2. The number of hydrogen-bond acceptors (Lipinski definition) is 4. The lowest BCUT2D eigenvalue weighted by molar-refractivity contribution is 0.0500. The van der Waals surface area contributed by atoms with Crippen LogP contribution in [0.25, 0.3) is 0 Å². The normalized spacial score (nSPS) is 19.8. The third kappa shape index (κ3) is 2.26. The van der Waals surface area contributed by atoms with Crippen molar-refractivity contribution >= 4 is 11.6 Å². The summed E-state index contributed by atoms with van der Waals surface area (Å²) in [5, 5.41) is 19.1. The number of phenols is 1. The largest absolute Gasteiger partial charge is 0.505 e. The third-order valence-corrected chi connectivity index (χ3v) is 3.40. The molecule has 0 spiro atoms. The number of para-hydroxylation sites is 1. The van der Waals surface area contributed by atoms with Crippen molar-refractivity contribution in [1.82, 2.24) is 4.90 Å². The highest BCUT2D eigenvalue weighted by Gasteiger charge is 2.28. The summed E-state index contributed by atoms with van der Waals surface area (Å²) in [6, 6.07) is 4.58. The van der Waals surface area contributed by atoms with E-state index in [9.17, 15) is 15.0 Å². The molecule has 5 heteroatoms. The number of nitrogens with zero attached hydrogens (tertiary/aromatic N) is 1. The summed E-state index contributed by atoms with van der Waals surface area (Å²) in [6.45, 7) is 0.563. The van der Waals surface area contributed by atoms with Gasteiger partial charge in [0.2, 0.25) is 0 Å². The topological polar surface area (TPSA) is 86.8 Å². The number of aromatic hydroxyl groups is 1. The van der Waals surface area contributed by atoms with E-state index in [0.29, 0.717) is 6.54 Å². The van der Waals surface area contributed by atoms with Gasteiger partial charge < -0.3 is 20.8 Å². The lowest BCUT2D eigenvalue weighted by Gasteiger charge is -2.34. The van der Waals surface area contributed by atoms with Gasteiger partial charge in [-0.05, 0) is 31.4 Å². The molecule has 1 aliphatic heterocycles. The molecule has 1 unspecified atom stereocenters. The monoisotopic (exact) mass is 250 g/mol. The van der Waals surface area contributed by atoms with Gasteiger partial charge in [0, 0.05) is 6.54 Å². The van der Waals surface area contributed by atoms with Crippen molar-refractivity contribution in [1.29, 1.82) is 0 Å². The Hall–Kier alpha value is -1.75. The van der Waals surface area contributed by atoms with Crippen LogP contribution in [0.2, 0.25) is 0 Å². The number of amides is 1. The molecule has 4 N–H and O–H groups in total. The first kappa shape index (κ1) is 12.7. The molecule has 1 atom stereocenters. The first-order valence-corrected chi connectivity index (χ1v) is 6.14. The average molecular weight is 250 g/mol. The van der Waals surface area contributed by atoms with E-state index in [2.05, 4.69) is 0 Å². The van der Waals surface area contributed by atoms with Gasteiger partial charge in [0.15, 0.2) is 5.75 Å². The minimum absolute atomic E-state index is 0.0468. The quantitative estimate of drug-likeness (QED) is 0.539. The number of anilines is 1. The first-order chi connectivity index (χ1) is 8.65. The summed E-state index contributed by atoms with van der Waals surface area (Å²) in [4.78, 5) is 14.0. The number of aliphatic hydroxyl groups is 1. The predicted octanol–water partition coefficient (Wildman–Crippen LogP) is 0.961. The highest BCUT2D eigenvalue weighted by Crippen LogP contribution is 2.28. The summed E-state index contributed by atoms with van der Waals surface area (Å²) in [6.07, 6.45) is 2.73. The van der Waals surface area contributed by atoms with Crippen LogP contribution in [0.4, 0.5) is 5.69 Å². The zero-order chi connectivity index (χ0) is 13.1. The van der Waals surface area contributed by atoms with E-state index >= 15 is 0 Å². The van der Waals surface area contributed by atoms with Crippen LogP contribution in [0.15, 0.2) is 18.2 Å².